The summed E-state index contributed by atoms with van der Waals surface area (Å²) in [4.78, 5) is 2.43. The number of nitrogens with zero attached hydrogens (tertiary/aromatic N) is 1. The number of methoxy groups -OCH3 is 1. The highest BCUT2D eigenvalue weighted by atomic mass is 16.5. The zero-order valence-electron chi connectivity index (χ0n) is 12.3. The van der Waals surface area contributed by atoms with Crippen LogP contribution in [0.15, 0.2) is 0 Å². The Balaban J connectivity index is 1.76. The minimum Gasteiger partial charge on any atom is -0.383 e. The van der Waals surface area contributed by atoms with Gasteiger partial charge in [-0.05, 0) is 45.6 Å². The summed E-state index contributed by atoms with van der Waals surface area (Å²) in [6.07, 6.45) is 8.54. The van der Waals surface area contributed by atoms with Crippen molar-refractivity contribution < 1.29 is 4.74 Å². The van der Waals surface area contributed by atoms with Crippen LogP contribution >= 0.6 is 0 Å². The van der Waals surface area contributed by atoms with Gasteiger partial charge in [-0.25, -0.2) is 0 Å². The number of nitrogens with one attached hydrogen (secondary N) is 1. The Kier molecular flexibility index (Phi) is 5.46. The van der Waals surface area contributed by atoms with Crippen LogP contribution in [0.2, 0.25) is 0 Å². The third kappa shape index (κ3) is 3.69. The molecule has 0 aromatic rings. The lowest BCUT2D eigenvalue weighted by Crippen LogP contribution is -2.53. The number of ether oxygens (including phenoxy) is 1. The Bertz CT molecular complexity index is 247. The quantitative estimate of drug-likeness (QED) is 0.814. The number of fused-ring (bicyclic) bond motifs is 1. The van der Waals surface area contributed by atoms with Gasteiger partial charge in [-0.2, -0.15) is 0 Å². The standard InChI is InChI=1S/C15H30N2O/c1-12(11-18-3)17(2)10-14-9-8-13-6-4-5-7-15(13)16-14/h12-16H,4-11H2,1-3H3. The molecule has 106 valence electrons. The predicted octanol–water partition coefficient (Wildman–Crippen LogP) is 2.26. The lowest BCUT2D eigenvalue weighted by atomic mass is 9.77. The molecule has 0 spiro atoms. The van der Waals surface area contributed by atoms with Crippen molar-refractivity contribution in [2.24, 2.45) is 5.92 Å². The molecule has 0 bridgehead atoms. The Morgan fingerprint density at radius 2 is 2.00 bits per heavy atom. The van der Waals surface area contributed by atoms with Gasteiger partial charge in [-0.15, -0.1) is 0 Å². The van der Waals surface area contributed by atoms with Crippen LogP contribution in [0.25, 0.3) is 0 Å². The summed E-state index contributed by atoms with van der Waals surface area (Å²) in [6.45, 7) is 4.23. The van der Waals surface area contributed by atoms with E-state index in [4.69, 9.17) is 4.74 Å². The van der Waals surface area contributed by atoms with E-state index in [1.807, 2.05) is 0 Å². The molecule has 1 heterocycles. The van der Waals surface area contributed by atoms with Crippen LogP contribution in [0.4, 0.5) is 0 Å². The van der Waals surface area contributed by atoms with Gasteiger partial charge in [-0.1, -0.05) is 12.8 Å². The van der Waals surface area contributed by atoms with E-state index in [9.17, 15) is 0 Å². The number of piperidine rings is 1. The maximum Gasteiger partial charge on any atom is 0.0615 e. The van der Waals surface area contributed by atoms with E-state index >= 15 is 0 Å². The van der Waals surface area contributed by atoms with Crippen molar-refractivity contribution in [3.05, 3.63) is 0 Å². The molecule has 1 aliphatic carbocycles. The van der Waals surface area contributed by atoms with Crippen molar-refractivity contribution in [2.45, 2.75) is 63.6 Å². The van der Waals surface area contributed by atoms with Gasteiger partial charge in [0.05, 0.1) is 6.61 Å². The van der Waals surface area contributed by atoms with Crippen LogP contribution in [-0.4, -0.2) is 50.3 Å². The monoisotopic (exact) mass is 254 g/mol. The number of rotatable bonds is 5. The zero-order chi connectivity index (χ0) is 13.0. The smallest absolute Gasteiger partial charge is 0.0615 e. The average Bonchev–Trinajstić information content (AvgIpc) is 2.39. The van der Waals surface area contributed by atoms with Gasteiger partial charge in [0.25, 0.3) is 0 Å². The number of hydrogen-bond acceptors (Lipinski definition) is 3. The molecular formula is C15H30N2O. The molecule has 1 N–H and O–H groups in total. The first-order valence-electron chi connectivity index (χ1n) is 7.66. The summed E-state index contributed by atoms with van der Waals surface area (Å²) in [5.41, 5.74) is 0. The Morgan fingerprint density at radius 1 is 1.22 bits per heavy atom. The summed E-state index contributed by atoms with van der Waals surface area (Å²) in [6, 6.07) is 2.01. The molecule has 0 radical (unpaired) electrons. The molecule has 2 fully saturated rings. The van der Waals surface area contributed by atoms with Crippen molar-refractivity contribution in [3.8, 4) is 0 Å². The molecule has 3 heteroatoms. The summed E-state index contributed by atoms with van der Waals surface area (Å²) < 4.78 is 5.24. The third-order valence-electron chi connectivity index (χ3n) is 4.91. The highest BCUT2D eigenvalue weighted by Gasteiger charge is 2.32. The van der Waals surface area contributed by atoms with Crippen molar-refractivity contribution in [1.82, 2.24) is 10.2 Å². The van der Waals surface area contributed by atoms with Crippen molar-refractivity contribution >= 4 is 0 Å². The van der Waals surface area contributed by atoms with Crippen molar-refractivity contribution in [1.29, 1.82) is 0 Å². The minimum atomic E-state index is 0.515. The second-order valence-corrected chi connectivity index (χ2v) is 6.34. The van der Waals surface area contributed by atoms with Crippen LogP contribution in [0.1, 0.15) is 45.4 Å². The van der Waals surface area contributed by atoms with E-state index in [1.54, 1.807) is 7.11 Å². The normalized spacial score (nSPS) is 34.3. The molecule has 3 nitrogen and oxygen atoms in total. The molecule has 2 rings (SSSR count). The molecule has 2 aliphatic rings. The summed E-state index contributed by atoms with van der Waals surface area (Å²) >= 11 is 0. The molecule has 18 heavy (non-hydrogen) atoms. The molecule has 1 saturated heterocycles. The lowest BCUT2D eigenvalue weighted by molar-refractivity contribution is 0.0937. The fraction of sp³-hybridized carbons (Fsp3) is 1.00. The second kappa shape index (κ2) is 6.88. The van der Waals surface area contributed by atoms with E-state index in [2.05, 4.69) is 24.2 Å². The molecule has 0 aromatic carbocycles. The van der Waals surface area contributed by atoms with Crippen LogP contribution in [0, 0.1) is 5.92 Å². The summed E-state index contributed by atoms with van der Waals surface area (Å²) in [5, 5.41) is 3.90. The topological polar surface area (TPSA) is 24.5 Å². The highest BCUT2D eigenvalue weighted by molar-refractivity contribution is 4.90. The average molecular weight is 254 g/mol. The zero-order valence-corrected chi connectivity index (χ0v) is 12.3. The first-order chi connectivity index (χ1) is 8.70. The van der Waals surface area contributed by atoms with E-state index in [0.29, 0.717) is 12.1 Å². The van der Waals surface area contributed by atoms with E-state index < -0.39 is 0 Å². The fourth-order valence-corrected chi connectivity index (χ4v) is 3.61. The molecule has 1 aliphatic heterocycles. The summed E-state index contributed by atoms with van der Waals surface area (Å²) in [5.74, 6) is 0.969. The Morgan fingerprint density at radius 3 is 2.78 bits per heavy atom. The number of likely N-dealkylation sites (N-methyl/N-ethyl adjacent to an activating group) is 1. The van der Waals surface area contributed by atoms with Crippen LogP contribution in [-0.2, 0) is 4.74 Å². The molecule has 4 unspecified atom stereocenters. The Hall–Kier alpha value is -0.120. The highest BCUT2D eigenvalue weighted by Crippen LogP contribution is 2.32. The Labute approximate surface area is 112 Å². The van der Waals surface area contributed by atoms with Gasteiger partial charge >= 0.3 is 0 Å². The van der Waals surface area contributed by atoms with Gasteiger partial charge < -0.3 is 10.1 Å². The van der Waals surface area contributed by atoms with Crippen LogP contribution < -0.4 is 5.32 Å². The maximum absolute atomic E-state index is 5.24. The maximum atomic E-state index is 5.24. The largest absolute Gasteiger partial charge is 0.383 e. The van der Waals surface area contributed by atoms with Gasteiger partial charge in [0.15, 0.2) is 0 Å². The minimum absolute atomic E-state index is 0.515. The van der Waals surface area contributed by atoms with Gasteiger partial charge in [0, 0.05) is 31.8 Å². The lowest BCUT2D eigenvalue weighted by Gasteiger charge is -2.42. The second-order valence-electron chi connectivity index (χ2n) is 6.34. The van der Waals surface area contributed by atoms with E-state index in [0.717, 1.165) is 25.1 Å². The number of hydrogen-bond donors (Lipinski definition) is 1. The van der Waals surface area contributed by atoms with Gasteiger partial charge in [-0.3, -0.25) is 4.90 Å². The first-order valence-corrected chi connectivity index (χ1v) is 7.66. The van der Waals surface area contributed by atoms with Crippen molar-refractivity contribution in [3.63, 3.8) is 0 Å². The molecule has 0 aromatic heterocycles. The van der Waals surface area contributed by atoms with Gasteiger partial charge in [0.2, 0.25) is 0 Å². The van der Waals surface area contributed by atoms with Crippen LogP contribution in [0.5, 0.6) is 0 Å². The van der Waals surface area contributed by atoms with Crippen LogP contribution in [0.3, 0.4) is 0 Å². The predicted molar refractivity (Wildman–Crippen MR) is 75.9 cm³/mol. The van der Waals surface area contributed by atoms with E-state index in [1.165, 1.54) is 38.5 Å². The molecule has 4 atom stereocenters. The molecule has 0 amide bonds. The van der Waals surface area contributed by atoms with Crippen molar-refractivity contribution in [2.75, 3.05) is 27.3 Å². The molecular weight excluding hydrogens is 224 g/mol. The van der Waals surface area contributed by atoms with Gasteiger partial charge in [0.1, 0.15) is 0 Å². The third-order valence-corrected chi connectivity index (χ3v) is 4.91. The molecule has 1 saturated carbocycles. The summed E-state index contributed by atoms with van der Waals surface area (Å²) in [7, 11) is 4.01. The SMILES string of the molecule is COCC(C)N(C)CC1CCC2CCCCC2N1. The fourth-order valence-electron chi connectivity index (χ4n) is 3.61. The van der Waals surface area contributed by atoms with E-state index in [-0.39, 0.29) is 0 Å². The first kappa shape index (κ1) is 14.3.